The molecule has 20 heteroatoms. The summed E-state index contributed by atoms with van der Waals surface area (Å²) in [5.74, 6) is -0.732. The second-order valence-corrected chi connectivity index (χ2v) is 16.1. The van der Waals surface area contributed by atoms with E-state index in [-0.39, 0.29) is 23.1 Å². The molecule has 3 N–H and O–H groups in total. The monoisotopic (exact) mass is 801 g/mol. The van der Waals surface area contributed by atoms with E-state index in [4.69, 9.17) is 9.26 Å². The Kier molecular flexibility index (Phi) is 10.2. The summed E-state index contributed by atoms with van der Waals surface area (Å²) >= 11 is 0. The van der Waals surface area contributed by atoms with Gasteiger partial charge >= 0.3 is 6.18 Å². The second kappa shape index (κ2) is 14.8. The number of carbonyl (C=O) groups is 4. The molecular weight excluding hydrogens is 766 g/mol. The van der Waals surface area contributed by atoms with E-state index in [0.29, 0.717) is 44.3 Å². The van der Waals surface area contributed by atoms with Crippen molar-refractivity contribution in [1.82, 2.24) is 35.4 Å². The Morgan fingerprint density at radius 2 is 1.88 bits per heavy atom. The lowest BCUT2D eigenvalue weighted by molar-refractivity contribution is -0.143. The summed E-state index contributed by atoms with van der Waals surface area (Å²) in [6.07, 6.45) is -0.606. The Balaban J connectivity index is 1.24. The molecule has 2 aliphatic carbocycles. The number of carbonyl (C=O) groups excluding carboxylic acids is 4. The van der Waals surface area contributed by atoms with Gasteiger partial charge in [0.25, 0.3) is 11.8 Å². The molecule has 1 aromatic carbocycles. The first-order chi connectivity index (χ1) is 26.5. The lowest BCUT2D eigenvalue weighted by atomic mass is 9.75. The molecule has 4 amide bonds. The third kappa shape index (κ3) is 7.90. The highest BCUT2D eigenvalue weighted by Gasteiger charge is 2.54. The van der Waals surface area contributed by atoms with E-state index < -0.39 is 105 Å². The summed E-state index contributed by atoms with van der Waals surface area (Å²) in [6.45, 7) is 1.06. The minimum atomic E-state index is -5.08. The first-order valence-electron chi connectivity index (χ1n) is 17.9. The van der Waals surface area contributed by atoms with Crippen molar-refractivity contribution < 1.29 is 54.4 Å². The first kappa shape index (κ1) is 38.7. The SMILES string of the molecule is Cc1cc(C(=O)NC2CCCCCC=CC3C#CC3(C(=O)NS(=O)(=O)C3CC3)NC(=O)C3CC(Oc4nc5cc(F)ccc5nc4C(F)(F)F)CN3C2=O)no1. The number of benzene rings is 1. The largest absolute Gasteiger partial charge is 0.471 e. The van der Waals surface area contributed by atoms with E-state index in [9.17, 15) is 45.2 Å². The minimum Gasteiger partial charge on any atom is -0.471 e. The van der Waals surface area contributed by atoms with Crippen molar-refractivity contribution in [3.63, 3.8) is 0 Å². The van der Waals surface area contributed by atoms with Crippen LogP contribution >= 0.6 is 0 Å². The highest BCUT2D eigenvalue weighted by atomic mass is 32.2. The highest BCUT2D eigenvalue weighted by molar-refractivity contribution is 7.91. The van der Waals surface area contributed by atoms with Crippen molar-refractivity contribution >= 4 is 44.7 Å². The average Bonchev–Trinajstić information content (AvgIpc) is 3.78. The maximum absolute atomic E-state index is 14.4. The van der Waals surface area contributed by atoms with Crippen LogP contribution in [0.1, 0.15) is 73.3 Å². The molecule has 296 valence electrons. The molecule has 5 unspecified atom stereocenters. The number of fused-ring (bicyclic) bond motifs is 3. The molecule has 4 heterocycles. The van der Waals surface area contributed by atoms with Crippen LogP contribution in [0.4, 0.5) is 17.6 Å². The zero-order valence-corrected chi connectivity index (χ0v) is 30.5. The fourth-order valence-electron chi connectivity index (χ4n) is 6.80. The van der Waals surface area contributed by atoms with Crippen LogP contribution in [0.5, 0.6) is 5.88 Å². The normalized spacial score (nSPS) is 25.7. The van der Waals surface area contributed by atoms with Crippen molar-refractivity contribution in [1.29, 1.82) is 0 Å². The smallest absolute Gasteiger partial charge is 0.438 e. The molecule has 2 aliphatic heterocycles. The fraction of sp³-hybridized carbons (Fsp3) is 0.472. The van der Waals surface area contributed by atoms with Gasteiger partial charge in [-0.2, -0.15) is 13.2 Å². The quantitative estimate of drug-likeness (QED) is 0.180. The lowest BCUT2D eigenvalue weighted by Crippen LogP contribution is -2.67. The number of halogens is 4. The van der Waals surface area contributed by atoms with Crippen molar-refractivity contribution in [3.8, 4) is 17.7 Å². The number of ether oxygens (including phenoxy) is 1. The van der Waals surface area contributed by atoms with Gasteiger partial charge in [0.05, 0.1) is 28.7 Å². The standard InChI is InChI=1S/C36H35F4N7O8S/c1-19-15-27(45-55-19)30(48)42-25-8-6-4-2-3-5-7-20-13-14-35(20,34(51)46-56(52,53)23-10-11-23)44-31(49)28-17-22(18-47(28)33(25)50)54-32-29(36(38,39)40)41-24-12-9-21(37)16-26(24)43-32/h5,7,9,12,15-16,20,22-23,25,28H,2-4,6,8,10-11,17-18H2,1H3,(H,42,48)(H,44,49)(H,46,51). The number of rotatable bonds is 7. The summed E-state index contributed by atoms with van der Waals surface area (Å²) in [7, 11) is -4.10. The number of nitrogens with zero attached hydrogens (tertiary/aromatic N) is 4. The molecule has 0 spiro atoms. The number of alkyl halides is 3. The van der Waals surface area contributed by atoms with E-state index in [1.165, 1.54) is 6.07 Å². The number of aromatic nitrogens is 3. The molecule has 56 heavy (non-hydrogen) atoms. The van der Waals surface area contributed by atoms with Crippen LogP contribution in [-0.4, -0.2) is 87.6 Å². The molecule has 7 rings (SSSR count). The number of aryl methyl sites for hydroxylation is 1. The molecule has 15 nitrogen and oxygen atoms in total. The summed E-state index contributed by atoms with van der Waals surface area (Å²) in [5.41, 5.74) is -4.26. The Labute approximate surface area is 317 Å². The summed E-state index contributed by atoms with van der Waals surface area (Å²) in [4.78, 5) is 64.3. The molecule has 0 radical (unpaired) electrons. The maximum atomic E-state index is 14.4. The predicted molar refractivity (Wildman–Crippen MR) is 186 cm³/mol. The average molecular weight is 802 g/mol. The van der Waals surface area contributed by atoms with Gasteiger partial charge in [-0.25, -0.2) is 27.5 Å². The van der Waals surface area contributed by atoms with Crippen LogP contribution < -0.4 is 20.1 Å². The van der Waals surface area contributed by atoms with E-state index in [0.717, 1.165) is 23.1 Å². The van der Waals surface area contributed by atoms with Crippen molar-refractivity contribution in [2.24, 2.45) is 5.92 Å². The highest BCUT2D eigenvalue weighted by Crippen LogP contribution is 2.37. The molecule has 5 atom stereocenters. The Bertz CT molecular complexity index is 2300. The first-order valence-corrected chi connectivity index (χ1v) is 19.4. The summed E-state index contributed by atoms with van der Waals surface area (Å²) in [5, 5.41) is 8.10. The van der Waals surface area contributed by atoms with E-state index >= 15 is 0 Å². The van der Waals surface area contributed by atoms with Crippen LogP contribution in [0.15, 0.2) is 40.9 Å². The van der Waals surface area contributed by atoms with Crippen LogP contribution in [0.3, 0.4) is 0 Å². The van der Waals surface area contributed by atoms with Crippen LogP contribution in [0.25, 0.3) is 11.0 Å². The molecule has 1 saturated heterocycles. The third-order valence-electron chi connectivity index (χ3n) is 9.91. The zero-order chi connectivity index (χ0) is 40.0. The van der Waals surface area contributed by atoms with E-state index in [2.05, 4.69) is 37.6 Å². The molecule has 4 aliphatic rings. The number of sulfonamides is 1. The van der Waals surface area contributed by atoms with Gasteiger partial charge in [-0.15, -0.1) is 0 Å². The number of hydrogen-bond donors (Lipinski definition) is 3. The number of amides is 4. The lowest BCUT2D eigenvalue weighted by Gasteiger charge is -2.38. The van der Waals surface area contributed by atoms with Crippen LogP contribution in [0.2, 0.25) is 0 Å². The van der Waals surface area contributed by atoms with Crippen molar-refractivity contribution in [2.45, 2.75) is 93.4 Å². The number of nitrogens with one attached hydrogen (secondary N) is 3. The van der Waals surface area contributed by atoms with Gasteiger partial charge in [0.1, 0.15) is 29.8 Å². The topological polar surface area (TPSA) is 203 Å². The molecule has 1 saturated carbocycles. The van der Waals surface area contributed by atoms with Gasteiger partial charge in [-0.3, -0.25) is 19.2 Å². The summed E-state index contributed by atoms with van der Waals surface area (Å²) in [6, 6.07) is 1.36. The van der Waals surface area contributed by atoms with Crippen LogP contribution in [-0.2, 0) is 30.6 Å². The van der Waals surface area contributed by atoms with Gasteiger partial charge in [-0.1, -0.05) is 42.0 Å². The maximum Gasteiger partial charge on any atom is 0.438 e. The Morgan fingerprint density at radius 3 is 2.55 bits per heavy atom. The molecule has 0 bridgehead atoms. The van der Waals surface area contributed by atoms with Gasteiger partial charge in [0.2, 0.25) is 33.4 Å². The molecule has 3 aromatic rings. The number of allylic oxidation sites excluding steroid dienone is 1. The van der Waals surface area contributed by atoms with Crippen molar-refractivity contribution in [2.75, 3.05) is 6.54 Å². The fourth-order valence-corrected chi connectivity index (χ4v) is 8.14. The van der Waals surface area contributed by atoms with E-state index in [1.54, 1.807) is 19.1 Å². The number of hydrogen-bond acceptors (Lipinski definition) is 11. The Morgan fingerprint density at radius 1 is 1.09 bits per heavy atom. The molecule has 2 aromatic heterocycles. The van der Waals surface area contributed by atoms with Gasteiger partial charge < -0.3 is 24.8 Å². The van der Waals surface area contributed by atoms with E-state index in [1.807, 2.05) is 4.72 Å². The summed E-state index contributed by atoms with van der Waals surface area (Å²) < 4.78 is 95.3. The molecular formula is C36H35F4N7O8S. The predicted octanol–water partition coefficient (Wildman–Crippen LogP) is 2.85. The minimum absolute atomic E-state index is 0.0958. The van der Waals surface area contributed by atoms with Gasteiger partial charge in [0, 0.05) is 18.6 Å². The zero-order valence-electron chi connectivity index (χ0n) is 29.7. The van der Waals surface area contributed by atoms with Gasteiger partial charge in [-0.05, 0) is 51.2 Å². The third-order valence-corrected chi connectivity index (χ3v) is 11.7. The van der Waals surface area contributed by atoms with Crippen molar-refractivity contribution in [3.05, 3.63) is 59.4 Å². The van der Waals surface area contributed by atoms with Crippen LogP contribution in [0, 0.1) is 30.5 Å². The second-order valence-electron chi connectivity index (χ2n) is 14.1. The Hall–Kier alpha value is -5.58. The molecule has 2 fully saturated rings. The van der Waals surface area contributed by atoms with Gasteiger partial charge in [0.15, 0.2) is 11.2 Å².